The van der Waals surface area contributed by atoms with Gasteiger partial charge in [0.05, 0.1) is 13.5 Å². The van der Waals surface area contributed by atoms with Crippen molar-refractivity contribution >= 4 is 0 Å². The van der Waals surface area contributed by atoms with Crippen molar-refractivity contribution in [3.05, 3.63) is 48.3 Å². The van der Waals surface area contributed by atoms with E-state index in [0.717, 1.165) is 24.3 Å². The average Bonchev–Trinajstić information content (AvgIpc) is 2.74. The Balaban J connectivity index is 1.52. The standard InChI is InChI=1S/C25H31F3O2/c1-3-4-18-5-7-19(8-6-18)15-16-25(27,28)30-22-12-9-20(10-13-22)21-11-14-24(29-2)23(26)17-21/h9-14,17-19H,3-8,15-16H2,1-2H3. The molecule has 2 aromatic rings. The van der Waals surface area contributed by atoms with E-state index >= 15 is 0 Å². The number of methoxy groups -OCH3 is 1. The maximum Gasteiger partial charge on any atom is 0.397 e. The van der Waals surface area contributed by atoms with E-state index in [1.54, 1.807) is 24.3 Å². The third kappa shape index (κ3) is 6.16. The molecule has 0 amide bonds. The first-order valence-corrected chi connectivity index (χ1v) is 10.9. The summed E-state index contributed by atoms with van der Waals surface area (Å²) in [5, 5.41) is 0. The third-order valence-corrected chi connectivity index (χ3v) is 6.11. The van der Waals surface area contributed by atoms with Gasteiger partial charge in [0.1, 0.15) is 5.75 Å². The van der Waals surface area contributed by atoms with E-state index in [1.165, 1.54) is 51.0 Å². The fraction of sp³-hybridized carbons (Fsp3) is 0.520. The van der Waals surface area contributed by atoms with Gasteiger partial charge in [-0.15, -0.1) is 0 Å². The molecule has 2 nitrogen and oxygen atoms in total. The summed E-state index contributed by atoms with van der Waals surface area (Å²) < 4.78 is 52.4. The van der Waals surface area contributed by atoms with Gasteiger partial charge < -0.3 is 9.47 Å². The lowest BCUT2D eigenvalue weighted by molar-refractivity contribution is -0.183. The van der Waals surface area contributed by atoms with Crippen molar-refractivity contribution in [2.45, 2.75) is 64.4 Å². The van der Waals surface area contributed by atoms with Crippen LogP contribution in [0.25, 0.3) is 11.1 Å². The molecule has 5 heteroatoms. The smallest absolute Gasteiger partial charge is 0.397 e. The largest absolute Gasteiger partial charge is 0.494 e. The summed E-state index contributed by atoms with van der Waals surface area (Å²) in [5.74, 6) is 0.966. The molecule has 1 aliphatic rings. The molecule has 0 atom stereocenters. The van der Waals surface area contributed by atoms with E-state index < -0.39 is 11.9 Å². The van der Waals surface area contributed by atoms with E-state index in [0.29, 0.717) is 17.9 Å². The van der Waals surface area contributed by atoms with Crippen molar-refractivity contribution in [1.82, 2.24) is 0 Å². The van der Waals surface area contributed by atoms with Crippen LogP contribution >= 0.6 is 0 Å². The minimum absolute atomic E-state index is 0.115. The molecule has 0 radical (unpaired) electrons. The Morgan fingerprint density at radius 1 is 0.900 bits per heavy atom. The van der Waals surface area contributed by atoms with Gasteiger partial charge in [0.15, 0.2) is 11.6 Å². The molecule has 3 rings (SSSR count). The van der Waals surface area contributed by atoms with Crippen molar-refractivity contribution in [2.75, 3.05) is 7.11 Å². The lowest BCUT2D eigenvalue weighted by Crippen LogP contribution is -2.26. The summed E-state index contributed by atoms with van der Waals surface area (Å²) in [5.41, 5.74) is 1.36. The second-order valence-corrected chi connectivity index (χ2v) is 8.33. The molecule has 1 saturated carbocycles. The van der Waals surface area contributed by atoms with Crippen LogP contribution in [0.15, 0.2) is 42.5 Å². The monoisotopic (exact) mass is 420 g/mol. The van der Waals surface area contributed by atoms with Crippen molar-refractivity contribution in [1.29, 1.82) is 0 Å². The zero-order valence-corrected chi connectivity index (χ0v) is 17.8. The van der Waals surface area contributed by atoms with Gasteiger partial charge in [0.2, 0.25) is 0 Å². The molecule has 0 aliphatic heterocycles. The van der Waals surface area contributed by atoms with E-state index in [1.807, 2.05) is 0 Å². The summed E-state index contributed by atoms with van der Waals surface area (Å²) in [6.07, 6.45) is 3.93. The van der Waals surface area contributed by atoms with Gasteiger partial charge in [0.25, 0.3) is 0 Å². The Morgan fingerprint density at radius 2 is 1.50 bits per heavy atom. The highest BCUT2D eigenvalue weighted by Gasteiger charge is 2.33. The zero-order chi connectivity index (χ0) is 21.6. The van der Waals surface area contributed by atoms with Crippen LogP contribution in [0.4, 0.5) is 13.2 Å². The minimum atomic E-state index is -3.19. The molecule has 30 heavy (non-hydrogen) atoms. The highest BCUT2D eigenvalue weighted by molar-refractivity contribution is 5.65. The van der Waals surface area contributed by atoms with E-state index in [2.05, 4.69) is 6.92 Å². The first kappa shape index (κ1) is 22.5. The number of ether oxygens (including phenoxy) is 2. The highest BCUT2D eigenvalue weighted by Crippen LogP contribution is 2.36. The Labute approximate surface area is 177 Å². The molecule has 0 unspecified atom stereocenters. The van der Waals surface area contributed by atoms with E-state index in [9.17, 15) is 13.2 Å². The molecule has 0 N–H and O–H groups in total. The van der Waals surface area contributed by atoms with Gasteiger partial charge in [-0.25, -0.2) is 4.39 Å². The van der Waals surface area contributed by atoms with Crippen molar-refractivity contribution in [3.8, 4) is 22.6 Å². The van der Waals surface area contributed by atoms with Crippen LogP contribution in [-0.4, -0.2) is 13.2 Å². The lowest BCUT2D eigenvalue weighted by atomic mass is 9.78. The first-order valence-electron chi connectivity index (χ1n) is 10.9. The molecule has 2 aromatic carbocycles. The van der Waals surface area contributed by atoms with Crippen molar-refractivity contribution in [2.24, 2.45) is 11.8 Å². The van der Waals surface area contributed by atoms with Gasteiger partial charge in [-0.3, -0.25) is 0 Å². The average molecular weight is 421 g/mol. The predicted octanol–water partition coefficient (Wildman–Crippen LogP) is 7.86. The SMILES string of the molecule is CCCC1CCC(CCC(F)(F)Oc2ccc(-c3ccc(OC)c(F)c3)cc2)CC1. The summed E-state index contributed by atoms with van der Waals surface area (Å²) in [4.78, 5) is 0. The third-order valence-electron chi connectivity index (χ3n) is 6.11. The number of rotatable bonds is 9. The van der Waals surface area contributed by atoms with Crippen LogP contribution in [0, 0.1) is 17.7 Å². The number of hydrogen-bond acceptors (Lipinski definition) is 2. The quantitative estimate of drug-likeness (QED) is 0.411. The van der Waals surface area contributed by atoms with E-state index in [-0.39, 0.29) is 17.9 Å². The van der Waals surface area contributed by atoms with Gasteiger partial charge in [-0.05, 0) is 53.6 Å². The van der Waals surface area contributed by atoms with Crippen LogP contribution < -0.4 is 9.47 Å². The van der Waals surface area contributed by atoms with Crippen LogP contribution in [0.5, 0.6) is 11.5 Å². The van der Waals surface area contributed by atoms with Crippen LogP contribution in [0.1, 0.15) is 58.3 Å². The topological polar surface area (TPSA) is 18.5 Å². The highest BCUT2D eigenvalue weighted by atomic mass is 19.3. The fourth-order valence-corrected chi connectivity index (χ4v) is 4.37. The predicted molar refractivity (Wildman–Crippen MR) is 114 cm³/mol. The second-order valence-electron chi connectivity index (χ2n) is 8.33. The Kier molecular flexibility index (Phi) is 7.68. The fourth-order valence-electron chi connectivity index (χ4n) is 4.37. The van der Waals surface area contributed by atoms with Gasteiger partial charge in [-0.2, -0.15) is 8.78 Å². The lowest BCUT2D eigenvalue weighted by Gasteiger charge is -2.29. The summed E-state index contributed by atoms with van der Waals surface area (Å²) in [7, 11) is 1.40. The number of alkyl halides is 2. The molecule has 164 valence electrons. The maximum atomic E-state index is 14.3. The first-order chi connectivity index (χ1) is 14.4. The number of benzene rings is 2. The van der Waals surface area contributed by atoms with Crippen molar-refractivity contribution in [3.63, 3.8) is 0 Å². The molecule has 0 aromatic heterocycles. The number of hydrogen-bond donors (Lipinski definition) is 0. The Bertz CT molecular complexity index is 797. The molecule has 1 fully saturated rings. The summed E-state index contributed by atoms with van der Waals surface area (Å²) in [6, 6.07) is 10.9. The maximum absolute atomic E-state index is 14.3. The van der Waals surface area contributed by atoms with Crippen LogP contribution in [0.3, 0.4) is 0 Å². The normalized spacial score (nSPS) is 19.5. The second kappa shape index (κ2) is 10.2. The molecule has 0 heterocycles. The molecule has 0 spiro atoms. The van der Waals surface area contributed by atoms with Crippen molar-refractivity contribution < 1.29 is 22.6 Å². The van der Waals surface area contributed by atoms with Crippen LogP contribution in [0.2, 0.25) is 0 Å². The Hall–Kier alpha value is -2.17. The van der Waals surface area contributed by atoms with Gasteiger partial charge in [-0.1, -0.05) is 63.6 Å². The summed E-state index contributed by atoms with van der Waals surface area (Å²) >= 11 is 0. The van der Waals surface area contributed by atoms with Gasteiger partial charge in [0, 0.05) is 0 Å². The molecule has 0 saturated heterocycles. The minimum Gasteiger partial charge on any atom is -0.494 e. The zero-order valence-electron chi connectivity index (χ0n) is 17.8. The molecule has 1 aliphatic carbocycles. The molecular weight excluding hydrogens is 389 g/mol. The Morgan fingerprint density at radius 3 is 2.07 bits per heavy atom. The molecule has 0 bridgehead atoms. The summed E-state index contributed by atoms with van der Waals surface area (Å²) in [6.45, 7) is 2.20. The van der Waals surface area contributed by atoms with Crippen LogP contribution in [-0.2, 0) is 0 Å². The van der Waals surface area contributed by atoms with E-state index in [4.69, 9.17) is 9.47 Å². The number of halogens is 3. The molecular formula is C25H31F3O2. The van der Waals surface area contributed by atoms with Gasteiger partial charge >= 0.3 is 6.11 Å².